The van der Waals surface area contributed by atoms with Gasteiger partial charge in [-0.25, -0.2) is 0 Å². The van der Waals surface area contributed by atoms with E-state index in [2.05, 4.69) is 67.0 Å². The molecule has 3 rings (SSSR count). The van der Waals surface area contributed by atoms with E-state index in [0.29, 0.717) is 24.2 Å². The predicted molar refractivity (Wildman–Crippen MR) is 145 cm³/mol. The van der Waals surface area contributed by atoms with Crippen molar-refractivity contribution in [1.29, 1.82) is 0 Å². The number of likely N-dealkylation sites (tertiary alicyclic amines) is 1. The van der Waals surface area contributed by atoms with Crippen LogP contribution < -0.4 is 0 Å². The molecule has 1 fully saturated rings. The summed E-state index contributed by atoms with van der Waals surface area (Å²) >= 11 is 0. The Bertz CT molecular complexity index is 826. The van der Waals surface area contributed by atoms with E-state index < -0.39 is 0 Å². The molecule has 0 bridgehead atoms. The monoisotopic (exact) mass is 467 g/mol. The van der Waals surface area contributed by atoms with Gasteiger partial charge in [-0.15, -0.1) is 0 Å². The molecule has 0 unspecified atom stereocenters. The van der Waals surface area contributed by atoms with Gasteiger partial charge in [-0.05, 0) is 88.2 Å². The van der Waals surface area contributed by atoms with Crippen LogP contribution in [0, 0.1) is 5.92 Å². The van der Waals surface area contributed by atoms with E-state index in [1.807, 2.05) is 19.1 Å². The maximum absolute atomic E-state index is 9.71. The molecule has 34 heavy (non-hydrogen) atoms. The van der Waals surface area contributed by atoms with Gasteiger partial charge < -0.3 is 20.2 Å². The summed E-state index contributed by atoms with van der Waals surface area (Å²) in [7, 11) is 1.00. The Hall–Kier alpha value is -2.40. The summed E-state index contributed by atoms with van der Waals surface area (Å²) in [6.07, 6.45) is 14.9. The van der Waals surface area contributed by atoms with Crippen molar-refractivity contribution in [1.82, 2.24) is 4.90 Å². The highest BCUT2D eigenvalue weighted by atomic mass is 16.3. The fourth-order valence-electron chi connectivity index (χ4n) is 4.81. The number of hydrogen-bond acceptors (Lipinski definition) is 4. The van der Waals surface area contributed by atoms with Crippen LogP contribution in [-0.4, -0.2) is 53.6 Å². The van der Waals surface area contributed by atoms with Gasteiger partial charge >= 0.3 is 0 Å². The number of aliphatic hydroxyl groups excluding tert-OH is 3. The molecule has 4 nitrogen and oxygen atoms in total. The number of β-amino-alcohol motifs (C(OH)–C–C–N with tert-alkyl or cyclic N) is 1. The highest BCUT2D eigenvalue weighted by Crippen LogP contribution is 2.45. The van der Waals surface area contributed by atoms with Gasteiger partial charge in [-0.2, -0.15) is 0 Å². The van der Waals surface area contributed by atoms with Crippen LogP contribution in [0.1, 0.15) is 57.9 Å². The number of nitrogens with zero attached hydrogens (tertiary/aromatic N) is 1. The van der Waals surface area contributed by atoms with Crippen molar-refractivity contribution in [3.63, 3.8) is 0 Å². The average molecular weight is 468 g/mol. The summed E-state index contributed by atoms with van der Waals surface area (Å²) in [6.45, 7) is 13.6. The topological polar surface area (TPSA) is 63.9 Å². The van der Waals surface area contributed by atoms with Crippen LogP contribution in [-0.2, 0) is 0 Å². The molecule has 2 atom stereocenters. The first-order valence-corrected chi connectivity index (χ1v) is 12.4. The van der Waals surface area contributed by atoms with Crippen LogP contribution in [0.25, 0.3) is 0 Å². The SMILES string of the molecule is C=C/C(=C\C=C/C)[C@H]1CCC(/C=C(\C)O)=C(C)[C@H]1c1ccccc1.CO.OCCN1CCCC1. The van der Waals surface area contributed by atoms with Crippen LogP contribution in [0.15, 0.2) is 89.8 Å². The van der Waals surface area contributed by atoms with Gasteiger partial charge in [-0.1, -0.05) is 66.8 Å². The normalized spacial score (nSPS) is 21.6. The zero-order valence-corrected chi connectivity index (χ0v) is 21.6. The molecule has 1 aromatic carbocycles. The second kappa shape index (κ2) is 17.1. The van der Waals surface area contributed by atoms with Gasteiger partial charge in [0, 0.05) is 19.6 Å². The summed E-state index contributed by atoms with van der Waals surface area (Å²) in [5, 5.41) is 25.2. The lowest BCUT2D eigenvalue weighted by Gasteiger charge is -2.35. The summed E-state index contributed by atoms with van der Waals surface area (Å²) < 4.78 is 0. The number of aliphatic hydroxyl groups is 3. The predicted octanol–water partition coefficient (Wildman–Crippen LogP) is 6.33. The first-order chi connectivity index (χ1) is 16.5. The molecule has 0 amide bonds. The van der Waals surface area contributed by atoms with E-state index in [1.54, 1.807) is 6.92 Å². The molecule has 1 aromatic rings. The third-order valence-corrected chi connectivity index (χ3v) is 6.40. The third-order valence-electron chi connectivity index (χ3n) is 6.40. The first-order valence-electron chi connectivity index (χ1n) is 12.4. The van der Waals surface area contributed by atoms with Crippen molar-refractivity contribution in [2.24, 2.45) is 5.92 Å². The lowest BCUT2D eigenvalue weighted by atomic mass is 9.69. The van der Waals surface area contributed by atoms with E-state index in [0.717, 1.165) is 26.5 Å². The van der Waals surface area contributed by atoms with Crippen molar-refractivity contribution in [2.75, 3.05) is 33.4 Å². The number of rotatable bonds is 7. The van der Waals surface area contributed by atoms with Crippen LogP contribution in [0.4, 0.5) is 0 Å². The van der Waals surface area contributed by atoms with E-state index >= 15 is 0 Å². The molecule has 2 aliphatic rings. The summed E-state index contributed by atoms with van der Waals surface area (Å²) in [6, 6.07) is 10.7. The standard InChI is InChI=1S/C23H28O.C6H13NO.CH4O/c1-5-7-11-19(6-2)22-15-14-21(16-17(3)24)18(4)23(22)20-12-9-8-10-13-20;8-6-5-7-3-1-2-4-7;1-2/h5-13,16,22-24H,2,14-15H2,1,3-4H3;8H,1-6H2;2H,1H3/b7-5-,17-16+,19-11+;;/t22-,23+;;/m1../s1. The minimum atomic E-state index is 0.319. The lowest BCUT2D eigenvalue weighted by Crippen LogP contribution is -2.22. The summed E-state index contributed by atoms with van der Waals surface area (Å²) in [5.74, 6) is 1.11. The van der Waals surface area contributed by atoms with Gasteiger partial charge in [0.2, 0.25) is 0 Å². The fourth-order valence-corrected chi connectivity index (χ4v) is 4.81. The van der Waals surface area contributed by atoms with Crippen molar-refractivity contribution in [3.05, 3.63) is 95.3 Å². The molecule has 1 heterocycles. The molecular weight excluding hydrogens is 422 g/mol. The smallest absolute Gasteiger partial charge is 0.0894 e. The molecule has 4 heteroatoms. The van der Waals surface area contributed by atoms with Crippen molar-refractivity contribution in [3.8, 4) is 0 Å². The summed E-state index contributed by atoms with van der Waals surface area (Å²) in [5.41, 5.74) is 5.22. The van der Waals surface area contributed by atoms with Gasteiger partial charge in [0.15, 0.2) is 0 Å². The minimum Gasteiger partial charge on any atom is -0.513 e. The Morgan fingerprint density at radius 2 is 1.79 bits per heavy atom. The Morgan fingerprint density at radius 3 is 2.32 bits per heavy atom. The fraction of sp³-hybridized carbons (Fsp3) is 0.467. The Balaban J connectivity index is 0.000000483. The molecule has 3 N–H and O–H groups in total. The highest BCUT2D eigenvalue weighted by molar-refractivity contribution is 5.43. The van der Waals surface area contributed by atoms with Crippen LogP contribution in [0.3, 0.4) is 0 Å². The van der Waals surface area contributed by atoms with E-state index in [1.165, 1.54) is 48.2 Å². The average Bonchev–Trinajstić information content (AvgIpc) is 3.37. The Kier molecular flexibility index (Phi) is 14.9. The van der Waals surface area contributed by atoms with E-state index in [-0.39, 0.29) is 0 Å². The maximum Gasteiger partial charge on any atom is 0.0894 e. The van der Waals surface area contributed by atoms with Crippen molar-refractivity contribution < 1.29 is 15.3 Å². The van der Waals surface area contributed by atoms with E-state index in [4.69, 9.17) is 10.2 Å². The van der Waals surface area contributed by atoms with Crippen molar-refractivity contribution in [2.45, 2.75) is 52.4 Å². The number of allylic oxidation sites excluding steroid dienone is 9. The molecule has 1 aliphatic heterocycles. The van der Waals surface area contributed by atoms with Gasteiger partial charge in [-0.3, -0.25) is 0 Å². The molecule has 1 saturated heterocycles. The van der Waals surface area contributed by atoms with Gasteiger partial charge in [0.25, 0.3) is 0 Å². The number of hydrogen-bond donors (Lipinski definition) is 3. The summed E-state index contributed by atoms with van der Waals surface area (Å²) in [4.78, 5) is 2.29. The molecular formula is C30H45NO3. The largest absolute Gasteiger partial charge is 0.513 e. The van der Waals surface area contributed by atoms with E-state index in [9.17, 15) is 5.11 Å². The second-order valence-corrected chi connectivity index (χ2v) is 8.70. The molecule has 0 radical (unpaired) electrons. The molecule has 0 saturated carbocycles. The lowest BCUT2D eigenvalue weighted by molar-refractivity contribution is 0.221. The Labute approximate surface area is 207 Å². The third kappa shape index (κ3) is 9.46. The van der Waals surface area contributed by atoms with Crippen LogP contribution in [0.5, 0.6) is 0 Å². The molecule has 0 aromatic heterocycles. The minimum absolute atomic E-state index is 0.319. The highest BCUT2D eigenvalue weighted by Gasteiger charge is 2.31. The van der Waals surface area contributed by atoms with Crippen molar-refractivity contribution >= 4 is 0 Å². The van der Waals surface area contributed by atoms with Crippen LogP contribution >= 0.6 is 0 Å². The first kappa shape index (κ1) is 29.6. The van der Waals surface area contributed by atoms with Gasteiger partial charge in [0.05, 0.1) is 12.4 Å². The zero-order valence-electron chi connectivity index (χ0n) is 21.6. The van der Waals surface area contributed by atoms with Crippen LogP contribution in [0.2, 0.25) is 0 Å². The quantitative estimate of drug-likeness (QED) is 0.324. The Morgan fingerprint density at radius 1 is 1.15 bits per heavy atom. The molecule has 1 aliphatic carbocycles. The second-order valence-electron chi connectivity index (χ2n) is 8.70. The maximum atomic E-state index is 9.71. The van der Waals surface area contributed by atoms with Gasteiger partial charge in [0.1, 0.15) is 0 Å². The molecule has 0 spiro atoms. The zero-order chi connectivity index (χ0) is 25.3. The number of benzene rings is 1. The molecule has 188 valence electrons.